The summed E-state index contributed by atoms with van der Waals surface area (Å²) in [7, 11) is 8.71. The second-order valence-corrected chi connectivity index (χ2v) is 18.5. The van der Waals surface area contributed by atoms with E-state index in [0.717, 1.165) is 24.0 Å². The van der Waals surface area contributed by atoms with E-state index in [1.807, 2.05) is 89.7 Å². The van der Waals surface area contributed by atoms with Crippen LogP contribution in [0.15, 0.2) is 35.8 Å². The van der Waals surface area contributed by atoms with E-state index in [1.54, 1.807) is 37.7 Å². The van der Waals surface area contributed by atoms with Crippen LogP contribution in [-0.4, -0.2) is 121 Å². The second kappa shape index (κ2) is 23.5. The van der Waals surface area contributed by atoms with Crippen molar-refractivity contribution in [2.45, 2.75) is 137 Å². The number of thiazole rings is 1. The van der Waals surface area contributed by atoms with Gasteiger partial charge >= 0.3 is 0 Å². The number of rotatable bonds is 24. The van der Waals surface area contributed by atoms with Crippen molar-refractivity contribution in [1.29, 1.82) is 0 Å². The Morgan fingerprint density at radius 2 is 1.58 bits per heavy atom. The lowest BCUT2D eigenvalue weighted by molar-refractivity contribution is -0.149. The summed E-state index contributed by atoms with van der Waals surface area (Å²) in [5.41, 5.74) is 2.09. The molecule has 59 heavy (non-hydrogen) atoms. The quantitative estimate of drug-likeness (QED) is 0.125. The Morgan fingerprint density at radius 1 is 0.915 bits per heavy atom. The number of carbonyl (C=O) groups is 5. The van der Waals surface area contributed by atoms with Gasteiger partial charge in [-0.3, -0.25) is 28.9 Å². The number of methoxy groups -OCH3 is 2. The predicted molar refractivity (Wildman–Crippen MR) is 234 cm³/mol. The molecule has 2 aromatic rings. The van der Waals surface area contributed by atoms with Crippen molar-refractivity contribution in [3.63, 3.8) is 0 Å². The van der Waals surface area contributed by atoms with Crippen LogP contribution in [0.3, 0.4) is 0 Å². The highest BCUT2D eigenvalue weighted by Gasteiger charge is 2.43. The fourth-order valence-corrected chi connectivity index (χ4v) is 9.65. The minimum atomic E-state index is -0.758. The van der Waals surface area contributed by atoms with Gasteiger partial charge in [0.25, 0.3) is 0 Å². The van der Waals surface area contributed by atoms with Crippen molar-refractivity contribution in [2.24, 2.45) is 29.6 Å². The number of likely N-dealkylation sites (tertiary alicyclic amines) is 1. The number of likely N-dealkylation sites (N-methyl/N-ethyl adjacent to an activating group) is 2. The molecule has 1 fully saturated rings. The molecule has 0 aliphatic carbocycles. The zero-order valence-electron chi connectivity index (χ0n) is 38.0. The lowest BCUT2D eigenvalue weighted by atomic mass is 9.83. The number of ketones is 2. The summed E-state index contributed by atoms with van der Waals surface area (Å²) >= 11 is 1.34. The molecular weight excluding hydrogens is 767 g/mol. The average molecular weight is 840 g/mol. The Bertz CT molecular complexity index is 1640. The van der Waals surface area contributed by atoms with Crippen LogP contribution in [0, 0.1) is 36.5 Å². The summed E-state index contributed by atoms with van der Waals surface area (Å²) in [5.74, 6) is -2.49. The summed E-state index contributed by atoms with van der Waals surface area (Å²) in [4.78, 5) is 79.8. The molecule has 1 unspecified atom stereocenters. The molecular formula is C46H73N5O7S. The first-order chi connectivity index (χ1) is 27.9. The van der Waals surface area contributed by atoms with Crippen LogP contribution in [0.25, 0.3) is 0 Å². The first-order valence-corrected chi connectivity index (χ1v) is 22.3. The third kappa shape index (κ3) is 13.2. The number of hydrogen-bond acceptors (Lipinski definition) is 10. The van der Waals surface area contributed by atoms with Crippen LogP contribution in [0.5, 0.6) is 0 Å². The molecule has 13 heteroatoms. The SMILES string of the molecule is CC[C@H](C)[C@@H]([C@@H](CC(=O)N1CCC[C@H]1[C@H](OC)[C@@H](C)C(=O)CC(C(=O)NCc1ccc(C)cc1)c1nccs1)OC)N(C)C(=O)[C@@H](CC(=O)[C@H](C(C)C)N(C)C)C(C)C. The normalized spacial score (nSPS) is 18.6. The summed E-state index contributed by atoms with van der Waals surface area (Å²) in [6, 6.07) is 6.85. The van der Waals surface area contributed by atoms with Crippen LogP contribution in [0.2, 0.25) is 0 Å². The van der Waals surface area contributed by atoms with Gasteiger partial charge in [0.05, 0.1) is 42.7 Å². The number of Topliss-reactive ketones (excluding diaryl/α,β-unsaturated/α-hetero) is 2. The van der Waals surface area contributed by atoms with E-state index in [9.17, 15) is 24.0 Å². The summed E-state index contributed by atoms with van der Waals surface area (Å²) in [6.07, 6.45) is 2.71. The fourth-order valence-electron chi connectivity index (χ4n) is 8.91. The van der Waals surface area contributed by atoms with Gasteiger partial charge in [0.1, 0.15) is 10.8 Å². The Balaban J connectivity index is 1.78. The second-order valence-electron chi connectivity index (χ2n) is 17.6. The van der Waals surface area contributed by atoms with Crippen molar-refractivity contribution in [2.75, 3.05) is 41.9 Å². The number of benzene rings is 1. The van der Waals surface area contributed by atoms with Gasteiger partial charge in [0.15, 0.2) is 5.78 Å². The molecule has 0 radical (unpaired) electrons. The third-order valence-electron chi connectivity index (χ3n) is 12.5. The minimum Gasteiger partial charge on any atom is -0.379 e. The highest BCUT2D eigenvalue weighted by Crippen LogP contribution is 2.33. The van der Waals surface area contributed by atoms with Gasteiger partial charge < -0.3 is 24.6 Å². The van der Waals surface area contributed by atoms with Crippen molar-refractivity contribution >= 4 is 40.6 Å². The third-order valence-corrected chi connectivity index (χ3v) is 13.4. The molecule has 2 heterocycles. The molecule has 0 spiro atoms. The molecule has 3 amide bonds. The molecule has 1 aromatic carbocycles. The Morgan fingerprint density at radius 3 is 2.10 bits per heavy atom. The number of nitrogens with zero attached hydrogens (tertiary/aromatic N) is 4. The molecule has 0 bridgehead atoms. The van der Waals surface area contributed by atoms with Gasteiger partial charge in [0, 0.05) is 70.6 Å². The van der Waals surface area contributed by atoms with Crippen molar-refractivity contribution in [1.82, 2.24) is 25.0 Å². The predicted octanol–water partition coefficient (Wildman–Crippen LogP) is 6.55. The number of aromatic nitrogens is 1. The van der Waals surface area contributed by atoms with E-state index in [1.165, 1.54) is 11.3 Å². The molecule has 3 rings (SSSR count). The van der Waals surface area contributed by atoms with Crippen LogP contribution < -0.4 is 5.32 Å². The number of amides is 3. The molecule has 1 N–H and O–H groups in total. The maximum absolute atomic E-state index is 14.4. The highest BCUT2D eigenvalue weighted by atomic mass is 32.1. The first kappa shape index (κ1) is 49.8. The van der Waals surface area contributed by atoms with Gasteiger partial charge in [-0.15, -0.1) is 11.3 Å². The number of hydrogen-bond donors (Lipinski definition) is 1. The topological polar surface area (TPSA) is 138 Å². The number of ether oxygens (including phenoxy) is 2. The molecule has 12 nitrogen and oxygen atoms in total. The first-order valence-electron chi connectivity index (χ1n) is 21.4. The Kier molecular flexibility index (Phi) is 19.8. The maximum atomic E-state index is 14.4. The van der Waals surface area contributed by atoms with Gasteiger partial charge in [-0.05, 0) is 57.2 Å². The summed E-state index contributed by atoms with van der Waals surface area (Å²) in [6.45, 7) is 16.8. The monoisotopic (exact) mass is 840 g/mol. The van der Waals surface area contributed by atoms with Gasteiger partial charge in [-0.25, -0.2) is 4.98 Å². The average Bonchev–Trinajstić information content (AvgIpc) is 3.91. The van der Waals surface area contributed by atoms with E-state index in [-0.39, 0.29) is 78.4 Å². The van der Waals surface area contributed by atoms with Crippen LogP contribution in [0.4, 0.5) is 0 Å². The number of nitrogens with one attached hydrogen (secondary N) is 1. The Hall–Kier alpha value is -3.52. The molecule has 1 aromatic heterocycles. The van der Waals surface area contributed by atoms with Crippen LogP contribution in [-0.2, 0) is 40.0 Å². The molecule has 1 aliphatic heterocycles. The smallest absolute Gasteiger partial charge is 0.230 e. The van der Waals surface area contributed by atoms with Crippen molar-refractivity contribution in [3.05, 3.63) is 52.0 Å². The minimum absolute atomic E-state index is 0.00554. The lowest BCUT2D eigenvalue weighted by Crippen LogP contribution is -2.54. The molecule has 9 atom stereocenters. The molecule has 1 aliphatic rings. The van der Waals surface area contributed by atoms with E-state index in [4.69, 9.17) is 9.47 Å². The standard InChI is InChI=1S/C46H73N5O7S/c1-14-31(7)42(50(11)46(56)34(28(2)3)24-38(53)41(29(4)5)49(9)10)39(57-12)26-40(54)51-22-15-16-36(51)43(58-13)32(8)37(52)25-35(45-47-21-23-59-45)44(55)48-27-33-19-17-30(6)18-20-33/h17-21,23,28-29,31-32,34-36,39,41-43H,14-16,22,24-27H2,1-13H3,(H,48,55)/t31-,32-,34-,35?,36-,39+,41-,42-,43+/m0/s1. The number of carbonyl (C=O) groups excluding carboxylic acids is 5. The Labute approximate surface area is 358 Å². The van der Waals surface area contributed by atoms with E-state index in [2.05, 4.69) is 24.1 Å². The van der Waals surface area contributed by atoms with Crippen LogP contribution in [0.1, 0.15) is 109 Å². The molecule has 330 valence electrons. The van der Waals surface area contributed by atoms with Gasteiger partial charge in [-0.1, -0.05) is 84.7 Å². The fraction of sp³-hybridized carbons (Fsp3) is 0.696. The van der Waals surface area contributed by atoms with Crippen molar-refractivity contribution in [3.8, 4) is 0 Å². The number of aryl methyl sites for hydroxylation is 1. The van der Waals surface area contributed by atoms with E-state index in [0.29, 0.717) is 24.5 Å². The maximum Gasteiger partial charge on any atom is 0.230 e. The van der Waals surface area contributed by atoms with Gasteiger partial charge in [-0.2, -0.15) is 0 Å². The highest BCUT2D eigenvalue weighted by molar-refractivity contribution is 7.09. The van der Waals surface area contributed by atoms with Crippen molar-refractivity contribution < 1.29 is 33.4 Å². The van der Waals surface area contributed by atoms with E-state index >= 15 is 0 Å². The van der Waals surface area contributed by atoms with Gasteiger partial charge in [0.2, 0.25) is 17.7 Å². The zero-order chi connectivity index (χ0) is 44.1. The van der Waals surface area contributed by atoms with E-state index < -0.39 is 36.0 Å². The molecule has 1 saturated heterocycles. The largest absolute Gasteiger partial charge is 0.379 e. The zero-order valence-corrected chi connectivity index (χ0v) is 38.8. The molecule has 0 saturated carbocycles. The lowest BCUT2D eigenvalue weighted by Gasteiger charge is -2.41. The van der Waals surface area contributed by atoms with Crippen LogP contribution >= 0.6 is 11.3 Å². The summed E-state index contributed by atoms with van der Waals surface area (Å²) < 4.78 is 12.1. The summed E-state index contributed by atoms with van der Waals surface area (Å²) in [5, 5.41) is 5.37.